The summed E-state index contributed by atoms with van der Waals surface area (Å²) < 4.78 is 10.9. The molecule has 0 aromatic rings. The van der Waals surface area contributed by atoms with Gasteiger partial charge in [-0.1, -0.05) is 0 Å². The van der Waals surface area contributed by atoms with E-state index in [2.05, 4.69) is 0 Å². The molecule has 1 aliphatic rings. The predicted molar refractivity (Wildman–Crippen MR) is 73.1 cm³/mol. The van der Waals surface area contributed by atoms with Crippen molar-refractivity contribution in [1.82, 2.24) is 4.90 Å². The number of likely N-dealkylation sites (tertiary alicyclic amines) is 1. The van der Waals surface area contributed by atoms with Gasteiger partial charge in [0.05, 0.1) is 6.61 Å². The van der Waals surface area contributed by atoms with E-state index >= 15 is 0 Å². The number of carbonyl (C=O) groups is 1. The van der Waals surface area contributed by atoms with E-state index in [-0.39, 0.29) is 12.7 Å². The molecule has 0 aromatic carbocycles. The van der Waals surface area contributed by atoms with Crippen molar-refractivity contribution in [3.05, 3.63) is 0 Å². The highest BCUT2D eigenvalue weighted by atomic mass is 16.6. The molecule has 1 saturated heterocycles. The molecular formula is C14H27NO4. The molecule has 0 aliphatic carbocycles. The molecular weight excluding hydrogens is 246 g/mol. The molecule has 1 rings (SSSR count). The lowest BCUT2D eigenvalue weighted by Gasteiger charge is -2.34. The predicted octanol–water partition coefficient (Wildman–Crippen LogP) is 2.03. The molecule has 0 spiro atoms. The van der Waals surface area contributed by atoms with Crippen LogP contribution in [0.5, 0.6) is 0 Å². The van der Waals surface area contributed by atoms with E-state index in [1.807, 2.05) is 20.8 Å². The van der Waals surface area contributed by atoms with Gasteiger partial charge in [-0.3, -0.25) is 0 Å². The molecule has 19 heavy (non-hydrogen) atoms. The number of piperidine rings is 1. The molecule has 1 unspecified atom stereocenters. The molecule has 1 aliphatic heterocycles. The smallest absolute Gasteiger partial charge is 0.410 e. The van der Waals surface area contributed by atoms with Crippen molar-refractivity contribution in [2.45, 2.75) is 45.6 Å². The molecule has 1 N–H and O–H groups in total. The number of hydrogen-bond donors (Lipinski definition) is 1. The van der Waals surface area contributed by atoms with Crippen molar-refractivity contribution in [3.63, 3.8) is 0 Å². The zero-order chi connectivity index (χ0) is 14.3. The number of hydrogen-bond acceptors (Lipinski definition) is 4. The third kappa shape index (κ3) is 6.78. The maximum Gasteiger partial charge on any atom is 0.410 e. The van der Waals surface area contributed by atoms with Gasteiger partial charge in [0, 0.05) is 32.2 Å². The van der Waals surface area contributed by atoms with Crippen LogP contribution < -0.4 is 0 Å². The number of carbonyl (C=O) groups excluding carboxylic acids is 1. The quantitative estimate of drug-likeness (QED) is 0.779. The maximum atomic E-state index is 12.0. The minimum atomic E-state index is -0.443. The summed E-state index contributed by atoms with van der Waals surface area (Å²) in [5, 5.41) is 8.68. The lowest BCUT2D eigenvalue weighted by molar-refractivity contribution is 0.00678. The number of amides is 1. The molecule has 112 valence electrons. The summed E-state index contributed by atoms with van der Waals surface area (Å²) in [6.45, 7) is 8.50. The van der Waals surface area contributed by atoms with Gasteiger partial charge in [-0.15, -0.1) is 0 Å². The average molecular weight is 273 g/mol. The Morgan fingerprint density at radius 3 is 2.79 bits per heavy atom. The fourth-order valence-corrected chi connectivity index (χ4v) is 2.11. The second kappa shape index (κ2) is 7.70. The molecule has 0 aromatic heterocycles. The Balaban J connectivity index is 2.31. The fraction of sp³-hybridized carbons (Fsp3) is 0.929. The Hall–Kier alpha value is -0.810. The van der Waals surface area contributed by atoms with Crippen LogP contribution in [0.15, 0.2) is 0 Å². The third-order valence-electron chi connectivity index (χ3n) is 2.97. The van der Waals surface area contributed by atoms with Crippen LogP contribution in [0, 0.1) is 5.92 Å². The molecule has 1 fully saturated rings. The fourth-order valence-electron chi connectivity index (χ4n) is 2.11. The van der Waals surface area contributed by atoms with Gasteiger partial charge in [0.1, 0.15) is 5.60 Å². The van der Waals surface area contributed by atoms with E-state index in [0.717, 1.165) is 19.4 Å². The van der Waals surface area contributed by atoms with Gasteiger partial charge < -0.3 is 19.5 Å². The van der Waals surface area contributed by atoms with Crippen LogP contribution in [0.2, 0.25) is 0 Å². The molecule has 0 saturated carbocycles. The second-order valence-electron chi connectivity index (χ2n) is 6.09. The highest BCUT2D eigenvalue weighted by molar-refractivity contribution is 5.68. The summed E-state index contributed by atoms with van der Waals surface area (Å²) in [6.07, 6.45) is 2.52. The van der Waals surface area contributed by atoms with Gasteiger partial charge in [-0.25, -0.2) is 4.79 Å². The van der Waals surface area contributed by atoms with Gasteiger partial charge >= 0.3 is 6.09 Å². The van der Waals surface area contributed by atoms with E-state index < -0.39 is 5.60 Å². The molecule has 5 heteroatoms. The Morgan fingerprint density at radius 1 is 1.42 bits per heavy atom. The van der Waals surface area contributed by atoms with E-state index in [0.29, 0.717) is 32.1 Å². The monoisotopic (exact) mass is 273 g/mol. The SMILES string of the molecule is CC(C)(C)OC(=O)N1CCCC(COCCCO)C1. The summed E-state index contributed by atoms with van der Waals surface area (Å²) in [6, 6.07) is 0. The minimum absolute atomic E-state index is 0.161. The van der Waals surface area contributed by atoms with E-state index in [1.165, 1.54) is 0 Å². The van der Waals surface area contributed by atoms with Crippen LogP contribution in [0.1, 0.15) is 40.0 Å². The number of nitrogens with zero attached hydrogens (tertiary/aromatic N) is 1. The Labute approximate surface area is 115 Å². The Kier molecular flexibility index (Phi) is 6.58. The van der Waals surface area contributed by atoms with Crippen molar-refractivity contribution < 1.29 is 19.4 Å². The summed E-state index contributed by atoms with van der Waals surface area (Å²) in [5.74, 6) is 0.375. The average Bonchev–Trinajstić information content (AvgIpc) is 2.33. The molecule has 1 heterocycles. The summed E-state index contributed by atoms with van der Waals surface area (Å²) >= 11 is 0. The Bertz CT molecular complexity index is 275. The molecule has 1 atom stereocenters. The topological polar surface area (TPSA) is 59.0 Å². The maximum absolute atomic E-state index is 12.0. The van der Waals surface area contributed by atoms with Crippen molar-refractivity contribution >= 4 is 6.09 Å². The van der Waals surface area contributed by atoms with Crippen LogP contribution in [-0.2, 0) is 9.47 Å². The van der Waals surface area contributed by atoms with Gasteiger partial charge in [0.15, 0.2) is 0 Å². The number of aliphatic hydroxyl groups excluding tert-OH is 1. The molecule has 5 nitrogen and oxygen atoms in total. The van der Waals surface area contributed by atoms with E-state index in [9.17, 15) is 4.79 Å². The van der Waals surface area contributed by atoms with Crippen molar-refractivity contribution in [2.75, 3.05) is 32.9 Å². The zero-order valence-corrected chi connectivity index (χ0v) is 12.4. The second-order valence-corrected chi connectivity index (χ2v) is 6.09. The highest BCUT2D eigenvalue weighted by Gasteiger charge is 2.27. The van der Waals surface area contributed by atoms with Crippen LogP contribution in [0.25, 0.3) is 0 Å². The van der Waals surface area contributed by atoms with Crippen molar-refractivity contribution in [1.29, 1.82) is 0 Å². The van der Waals surface area contributed by atoms with Crippen LogP contribution >= 0.6 is 0 Å². The normalized spacial score (nSPS) is 20.4. The standard InChI is InChI=1S/C14H27NO4/c1-14(2,3)19-13(17)15-7-4-6-12(10-15)11-18-9-5-8-16/h12,16H,4-11H2,1-3H3. The lowest BCUT2D eigenvalue weighted by atomic mass is 9.99. The van der Waals surface area contributed by atoms with Crippen molar-refractivity contribution in [3.8, 4) is 0 Å². The first kappa shape index (κ1) is 16.2. The highest BCUT2D eigenvalue weighted by Crippen LogP contribution is 2.19. The number of rotatable bonds is 5. The van der Waals surface area contributed by atoms with Crippen LogP contribution in [-0.4, -0.2) is 54.6 Å². The first-order chi connectivity index (χ1) is 8.92. The molecule has 0 bridgehead atoms. The Morgan fingerprint density at radius 2 is 2.16 bits per heavy atom. The van der Waals surface area contributed by atoms with Crippen molar-refractivity contribution in [2.24, 2.45) is 5.92 Å². The molecule has 0 radical (unpaired) electrons. The zero-order valence-electron chi connectivity index (χ0n) is 12.4. The van der Waals surface area contributed by atoms with Gasteiger partial charge in [0.25, 0.3) is 0 Å². The van der Waals surface area contributed by atoms with E-state index in [4.69, 9.17) is 14.6 Å². The lowest BCUT2D eigenvalue weighted by Crippen LogP contribution is -2.43. The van der Waals surface area contributed by atoms with Crippen LogP contribution in [0.3, 0.4) is 0 Å². The van der Waals surface area contributed by atoms with Gasteiger partial charge in [-0.05, 0) is 40.0 Å². The van der Waals surface area contributed by atoms with Gasteiger partial charge in [0.2, 0.25) is 0 Å². The largest absolute Gasteiger partial charge is 0.444 e. The molecule has 1 amide bonds. The summed E-state index contributed by atoms with van der Waals surface area (Å²) in [4.78, 5) is 13.7. The number of ether oxygens (including phenoxy) is 2. The van der Waals surface area contributed by atoms with Gasteiger partial charge in [-0.2, -0.15) is 0 Å². The minimum Gasteiger partial charge on any atom is -0.444 e. The van der Waals surface area contributed by atoms with E-state index in [1.54, 1.807) is 4.90 Å². The first-order valence-corrected chi connectivity index (χ1v) is 7.09. The summed E-state index contributed by atoms with van der Waals surface area (Å²) in [7, 11) is 0. The first-order valence-electron chi connectivity index (χ1n) is 7.09. The third-order valence-corrected chi connectivity index (χ3v) is 2.97. The summed E-state index contributed by atoms with van der Waals surface area (Å²) in [5.41, 5.74) is -0.443. The number of aliphatic hydroxyl groups is 1. The van der Waals surface area contributed by atoms with Crippen LogP contribution in [0.4, 0.5) is 4.79 Å².